The summed E-state index contributed by atoms with van der Waals surface area (Å²) in [5, 5.41) is 0.666. The maximum Gasteiger partial charge on any atom is 0.144 e. The highest BCUT2D eigenvalue weighted by molar-refractivity contribution is 6.31. The van der Waals surface area contributed by atoms with Gasteiger partial charge in [-0.1, -0.05) is 67.1 Å². The molecule has 2 rings (SSSR count). The highest BCUT2D eigenvalue weighted by Crippen LogP contribution is 2.24. The molecule has 0 spiro atoms. The molecule has 98 valence electrons. The molecular weight excluding hydrogens is 256 g/mol. The van der Waals surface area contributed by atoms with Crippen molar-refractivity contribution in [3.63, 3.8) is 0 Å². The minimum atomic E-state index is -0.0440. The second-order valence-corrected chi connectivity index (χ2v) is 5.01. The predicted octanol–water partition coefficient (Wildman–Crippen LogP) is 4.65. The van der Waals surface area contributed by atoms with Crippen LogP contribution in [0, 0.1) is 0 Å². The molecule has 0 aliphatic rings. The zero-order valence-electron chi connectivity index (χ0n) is 11.0. The average Bonchev–Trinajstić information content (AvgIpc) is 2.43. The van der Waals surface area contributed by atoms with Crippen LogP contribution in [0.25, 0.3) is 0 Å². The van der Waals surface area contributed by atoms with Gasteiger partial charge < -0.3 is 0 Å². The fourth-order valence-corrected chi connectivity index (χ4v) is 2.49. The monoisotopic (exact) mass is 272 g/mol. The summed E-state index contributed by atoms with van der Waals surface area (Å²) in [5.41, 5.74) is 1.99. The molecule has 0 bridgehead atoms. The summed E-state index contributed by atoms with van der Waals surface area (Å²) in [6.45, 7) is 2.04. The van der Waals surface area contributed by atoms with Gasteiger partial charge in [0.15, 0.2) is 0 Å². The van der Waals surface area contributed by atoms with Gasteiger partial charge in [0, 0.05) is 17.4 Å². The fourth-order valence-electron chi connectivity index (χ4n) is 2.29. The van der Waals surface area contributed by atoms with Crippen LogP contribution in [0.15, 0.2) is 54.6 Å². The van der Waals surface area contributed by atoms with Gasteiger partial charge in [0.2, 0.25) is 0 Å². The molecule has 0 amide bonds. The van der Waals surface area contributed by atoms with E-state index < -0.39 is 0 Å². The fraction of sp³-hybridized carbons (Fsp3) is 0.235. The van der Waals surface area contributed by atoms with E-state index >= 15 is 0 Å². The van der Waals surface area contributed by atoms with Crippen LogP contribution in [0.2, 0.25) is 5.02 Å². The van der Waals surface area contributed by atoms with Gasteiger partial charge in [-0.2, -0.15) is 0 Å². The Hall–Kier alpha value is -1.60. The summed E-state index contributed by atoms with van der Waals surface area (Å²) in [7, 11) is 0. The van der Waals surface area contributed by atoms with Gasteiger partial charge in [0.05, 0.1) is 0 Å². The quantitative estimate of drug-likeness (QED) is 0.775. The van der Waals surface area contributed by atoms with E-state index in [4.69, 9.17) is 11.6 Å². The zero-order chi connectivity index (χ0) is 13.7. The molecule has 1 nitrogen and oxygen atoms in total. The number of hydrogen-bond acceptors (Lipinski definition) is 1. The first-order valence-electron chi connectivity index (χ1n) is 6.53. The van der Waals surface area contributed by atoms with E-state index in [1.807, 2.05) is 61.5 Å². The Labute approximate surface area is 119 Å². The van der Waals surface area contributed by atoms with Crippen molar-refractivity contribution in [2.75, 3.05) is 0 Å². The van der Waals surface area contributed by atoms with Crippen LogP contribution in [0.5, 0.6) is 0 Å². The van der Waals surface area contributed by atoms with E-state index in [0.29, 0.717) is 11.4 Å². The first-order valence-corrected chi connectivity index (χ1v) is 6.91. The largest absolute Gasteiger partial charge is 0.299 e. The smallest absolute Gasteiger partial charge is 0.144 e. The zero-order valence-corrected chi connectivity index (χ0v) is 11.7. The first kappa shape index (κ1) is 13.8. The molecule has 1 atom stereocenters. The number of ketones is 1. The van der Waals surface area contributed by atoms with Crippen LogP contribution in [0.1, 0.15) is 30.4 Å². The standard InChI is InChI=1S/C17H17ClO/c1-2-15(13-8-4-3-5-9-13)17(19)12-14-10-6-7-11-16(14)18/h3-11,15H,2,12H2,1H3. The van der Waals surface area contributed by atoms with E-state index in [-0.39, 0.29) is 11.7 Å². The number of carbonyl (C=O) groups excluding carboxylic acids is 1. The van der Waals surface area contributed by atoms with Crippen LogP contribution < -0.4 is 0 Å². The summed E-state index contributed by atoms with van der Waals surface area (Å²) in [6, 6.07) is 17.5. The lowest BCUT2D eigenvalue weighted by Gasteiger charge is -2.14. The summed E-state index contributed by atoms with van der Waals surface area (Å²) in [5.74, 6) is 0.180. The van der Waals surface area contributed by atoms with Crippen molar-refractivity contribution in [1.29, 1.82) is 0 Å². The van der Waals surface area contributed by atoms with E-state index in [0.717, 1.165) is 17.5 Å². The van der Waals surface area contributed by atoms with Gasteiger partial charge in [-0.3, -0.25) is 4.79 Å². The van der Waals surface area contributed by atoms with Crippen molar-refractivity contribution in [2.24, 2.45) is 0 Å². The molecule has 19 heavy (non-hydrogen) atoms. The maximum atomic E-state index is 12.4. The molecule has 0 radical (unpaired) electrons. The van der Waals surface area contributed by atoms with Crippen LogP contribution in [-0.2, 0) is 11.2 Å². The molecule has 0 heterocycles. The molecule has 0 aliphatic carbocycles. The number of rotatable bonds is 5. The lowest BCUT2D eigenvalue weighted by molar-refractivity contribution is -0.119. The Morgan fingerprint density at radius 2 is 1.68 bits per heavy atom. The SMILES string of the molecule is CCC(C(=O)Cc1ccccc1Cl)c1ccccc1. The van der Waals surface area contributed by atoms with Gasteiger partial charge in [-0.25, -0.2) is 0 Å². The van der Waals surface area contributed by atoms with E-state index in [1.165, 1.54) is 0 Å². The lowest BCUT2D eigenvalue weighted by atomic mass is 9.89. The predicted molar refractivity (Wildman–Crippen MR) is 79.6 cm³/mol. The molecule has 2 aromatic carbocycles. The molecule has 0 N–H and O–H groups in total. The van der Waals surface area contributed by atoms with Crippen LogP contribution >= 0.6 is 11.6 Å². The molecule has 1 unspecified atom stereocenters. The summed E-state index contributed by atoms with van der Waals surface area (Å²) in [6.07, 6.45) is 1.21. The Bertz CT molecular complexity index is 548. The van der Waals surface area contributed by atoms with Gasteiger partial charge in [0.25, 0.3) is 0 Å². The van der Waals surface area contributed by atoms with Crippen molar-refractivity contribution in [2.45, 2.75) is 25.7 Å². The second-order valence-electron chi connectivity index (χ2n) is 4.61. The minimum absolute atomic E-state index is 0.0440. The van der Waals surface area contributed by atoms with Crippen molar-refractivity contribution in [3.05, 3.63) is 70.7 Å². The Morgan fingerprint density at radius 3 is 2.32 bits per heavy atom. The Morgan fingerprint density at radius 1 is 1.05 bits per heavy atom. The Kier molecular flexibility index (Phi) is 4.75. The summed E-state index contributed by atoms with van der Waals surface area (Å²) in [4.78, 5) is 12.4. The number of Topliss-reactive ketones (excluding diaryl/α,β-unsaturated/α-hetero) is 1. The highest BCUT2D eigenvalue weighted by atomic mass is 35.5. The molecule has 0 aliphatic heterocycles. The Balaban J connectivity index is 2.17. The van der Waals surface area contributed by atoms with Crippen LogP contribution in [0.4, 0.5) is 0 Å². The van der Waals surface area contributed by atoms with Gasteiger partial charge in [0.1, 0.15) is 5.78 Å². The van der Waals surface area contributed by atoms with E-state index in [2.05, 4.69) is 0 Å². The number of benzene rings is 2. The first-order chi connectivity index (χ1) is 9.22. The van der Waals surface area contributed by atoms with E-state index in [1.54, 1.807) is 0 Å². The summed E-state index contributed by atoms with van der Waals surface area (Å²) < 4.78 is 0. The van der Waals surface area contributed by atoms with Crippen molar-refractivity contribution in [3.8, 4) is 0 Å². The summed E-state index contributed by atoms with van der Waals surface area (Å²) >= 11 is 6.11. The third-order valence-corrected chi connectivity index (χ3v) is 3.69. The second kappa shape index (κ2) is 6.53. The molecular formula is C17H17ClO. The normalized spacial score (nSPS) is 12.1. The topological polar surface area (TPSA) is 17.1 Å². The van der Waals surface area contributed by atoms with Crippen LogP contribution in [0.3, 0.4) is 0 Å². The lowest BCUT2D eigenvalue weighted by Crippen LogP contribution is -2.14. The van der Waals surface area contributed by atoms with Crippen molar-refractivity contribution < 1.29 is 4.79 Å². The molecule has 2 aromatic rings. The minimum Gasteiger partial charge on any atom is -0.299 e. The molecule has 0 fully saturated rings. The molecule has 0 saturated carbocycles. The average molecular weight is 273 g/mol. The van der Waals surface area contributed by atoms with Crippen molar-refractivity contribution >= 4 is 17.4 Å². The maximum absolute atomic E-state index is 12.4. The molecule has 0 aromatic heterocycles. The number of halogens is 1. The third kappa shape index (κ3) is 3.45. The third-order valence-electron chi connectivity index (χ3n) is 3.32. The van der Waals surface area contributed by atoms with Gasteiger partial charge in [-0.15, -0.1) is 0 Å². The van der Waals surface area contributed by atoms with Gasteiger partial charge >= 0.3 is 0 Å². The molecule has 0 saturated heterocycles. The van der Waals surface area contributed by atoms with E-state index in [9.17, 15) is 4.79 Å². The van der Waals surface area contributed by atoms with Crippen molar-refractivity contribution in [1.82, 2.24) is 0 Å². The molecule has 2 heteroatoms. The van der Waals surface area contributed by atoms with Gasteiger partial charge in [-0.05, 0) is 23.6 Å². The number of carbonyl (C=O) groups is 1. The highest BCUT2D eigenvalue weighted by Gasteiger charge is 2.19. The number of hydrogen-bond donors (Lipinski definition) is 0. The van der Waals surface area contributed by atoms with Crippen LogP contribution in [-0.4, -0.2) is 5.78 Å².